The molecule has 4 aromatic rings. The van der Waals surface area contributed by atoms with Gasteiger partial charge in [-0.05, 0) is 65.9 Å². The lowest BCUT2D eigenvalue weighted by Crippen LogP contribution is -2.31. The van der Waals surface area contributed by atoms with Gasteiger partial charge in [0.25, 0.3) is 0 Å². The third-order valence-electron chi connectivity index (χ3n) is 7.05. The third kappa shape index (κ3) is 6.02. The average molecular weight is 541 g/mol. The molecule has 0 amide bonds. The van der Waals surface area contributed by atoms with E-state index in [1.54, 1.807) is 19.2 Å². The largest absolute Gasteiger partial charge is 0.493 e. The van der Waals surface area contributed by atoms with Crippen LogP contribution in [0.2, 0.25) is 0 Å². The minimum absolute atomic E-state index is 0.0863. The predicted molar refractivity (Wildman–Crippen MR) is 152 cm³/mol. The summed E-state index contributed by atoms with van der Waals surface area (Å²) in [6, 6.07) is 27.0. The first-order chi connectivity index (χ1) is 19.6. The van der Waals surface area contributed by atoms with E-state index in [1.165, 1.54) is 7.11 Å². The third-order valence-corrected chi connectivity index (χ3v) is 7.05. The lowest BCUT2D eigenvalue weighted by Gasteiger charge is -2.28. The number of nitrogens with one attached hydrogen (secondary N) is 1. The van der Waals surface area contributed by atoms with E-state index >= 15 is 0 Å². The Labute approximate surface area is 233 Å². The van der Waals surface area contributed by atoms with E-state index in [2.05, 4.69) is 5.32 Å². The molecule has 0 aliphatic carbocycles. The number of benzene rings is 4. The van der Waals surface area contributed by atoms with Crippen LogP contribution in [-0.2, 0) is 26.1 Å². The molecule has 0 aromatic heterocycles. The summed E-state index contributed by atoms with van der Waals surface area (Å²) in [5, 5.41) is 15.8. The number of hydrogen-bond acceptors (Lipinski definition) is 7. The van der Waals surface area contributed by atoms with Crippen molar-refractivity contribution < 1.29 is 23.9 Å². The van der Waals surface area contributed by atoms with Crippen LogP contribution in [0, 0.1) is 10.1 Å². The standard InChI is InChI=1S/C32H32N2O6/c1-37-29-19-26-24(18-30(29)40-21-23-11-7-4-8-12-23)15-16-33-27(26)17-25-13-14-28(32(38-2)31(25)34(35)36)39-20-22-9-5-3-6-10-22/h3-14,18-19,27,33H,15-17,20-21H2,1-2H3/t27-/m0/s1. The fourth-order valence-electron chi connectivity index (χ4n) is 5.06. The van der Waals surface area contributed by atoms with Crippen molar-refractivity contribution >= 4 is 5.69 Å². The Morgan fingerprint density at radius 2 is 1.48 bits per heavy atom. The Bertz CT molecular complexity index is 1460. The maximum Gasteiger partial charge on any atom is 0.318 e. The summed E-state index contributed by atoms with van der Waals surface area (Å²) in [5.74, 6) is 1.76. The molecular formula is C32H32N2O6. The zero-order chi connectivity index (χ0) is 27.9. The molecule has 0 saturated carbocycles. The summed E-state index contributed by atoms with van der Waals surface area (Å²) in [5.41, 5.74) is 4.66. The van der Waals surface area contributed by atoms with Crippen LogP contribution >= 0.6 is 0 Å². The maximum absolute atomic E-state index is 12.3. The molecule has 0 saturated heterocycles. The van der Waals surface area contributed by atoms with Crippen LogP contribution < -0.4 is 24.3 Å². The van der Waals surface area contributed by atoms with Gasteiger partial charge in [-0.2, -0.15) is 0 Å². The Balaban J connectivity index is 1.40. The number of nitro groups is 1. The highest BCUT2D eigenvalue weighted by molar-refractivity contribution is 5.61. The smallest absolute Gasteiger partial charge is 0.318 e. The van der Waals surface area contributed by atoms with Gasteiger partial charge < -0.3 is 24.3 Å². The van der Waals surface area contributed by atoms with Gasteiger partial charge in [-0.3, -0.25) is 10.1 Å². The van der Waals surface area contributed by atoms with Gasteiger partial charge in [-0.25, -0.2) is 0 Å². The van der Waals surface area contributed by atoms with Gasteiger partial charge in [0.1, 0.15) is 13.2 Å². The molecule has 5 rings (SSSR count). The van der Waals surface area contributed by atoms with Crippen LogP contribution in [0.3, 0.4) is 0 Å². The molecule has 1 aliphatic rings. The molecule has 206 valence electrons. The van der Waals surface area contributed by atoms with E-state index in [-0.39, 0.29) is 24.1 Å². The van der Waals surface area contributed by atoms with Crippen molar-refractivity contribution in [3.8, 4) is 23.0 Å². The molecule has 0 spiro atoms. The van der Waals surface area contributed by atoms with E-state index in [4.69, 9.17) is 18.9 Å². The van der Waals surface area contributed by atoms with Gasteiger partial charge in [-0.15, -0.1) is 0 Å². The Morgan fingerprint density at radius 3 is 2.08 bits per heavy atom. The lowest BCUT2D eigenvalue weighted by atomic mass is 9.89. The van der Waals surface area contributed by atoms with E-state index in [0.29, 0.717) is 35.8 Å². The highest BCUT2D eigenvalue weighted by Crippen LogP contribution is 2.43. The van der Waals surface area contributed by atoms with E-state index in [1.807, 2.05) is 72.8 Å². The van der Waals surface area contributed by atoms with Crippen LogP contribution in [0.25, 0.3) is 0 Å². The summed E-state index contributed by atoms with van der Waals surface area (Å²) >= 11 is 0. The summed E-state index contributed by atoms with van der Waals surface area (Å²) in [6.07, 6.45) is 1.21. The zero-order valence-electron chi connectivity index (χ0n) is 22.6. The topological polar surface area (TPSA) is 92.1 Å². The van der Waals surface area contributed by atoms with Gasteiger partial charge >= 0.3 is 5.69 Å². The lowest BCUT2D eigenvalue weighted by molar-refractivity contribution is -0.386. The van der Waals surface area contributed by atoms with E-state index < -0.39 is 4.92 Å². The molecule has 8 nitrogen and oxygen atoms in total. The van der Waals surface area contributed by atoms with Crippen LogP contribution in [-0.4, -0.2) is 25.7 Å². The van der Waals surface area contributed by atoms with Gasteiger partial charge in [0, 0.05) is 11.6 Å². The molecule has 8 heteroatoms. The van der Waals surface area contributed by atoms with Gasteiger partial charge in [0.15, 0.2) is 17.2 Å². The number of rotatable bonds is 11. The van der Waals surface area contributed by atoms with E-state index in [0.717, 1.165) is 35.2 Å². The molecule has 1 aliphatic heterocycles. The van der Waals surface area contributed by atoms with Crippen molar-refractivity contribution in [1.82, 2.24) is 5.32 Å². The van der Waals surface area contributed by atoms with Crippen molar-refractivity contribution in [1.29, 1.82) is 0 Å². The van der Waals surface area contributed by atoms with Gasteiger partial charge in [-0.1, -0.05) is 60.7 Å². The van der Waals surface area contributed by atoms with Crippen molar-refractivity contribution in [3.05, 3.63) is 123 Å². The second-order valence-electron chi connectivity index (χ2n) is 9.57. The second-order valence-corrected chi connectivity index (χ2v) is 9.57. The van der Waals surface area contributed by atoms with Gasteiger partial charge in [0.2, 0.25) is 5.75 Å². The first-order valence-electron chi connectivity index (χ1n) is 13.2. The molecule has 0 fully saturated rings. The minimum Gasteiger partial charge on any atom is -0.493 e. The van der Waals surface area contributed by atoms with Crippen LogP contribution in [0.5, 0.6) is 23.0 Å². The summed E-state index contributed by atoms with van der Waals surface area (Å²) in [4.78, 5) is 11.9. The van der Waals surface area contributed by atoms with E-state index in [9.17, 15) is 10.1 Å². The SMILES string of the molecule is COc1cc2c(cc1OCc1ccccc1)CCN[C@H]2Cc1ccc(OCc2ccccc2)c(OC)c1[N+](=O)[O-]. The average Bonchev–Trinajstić information content (AvgIpc) is 2.99. The Morgan fingerprint density at radius 1 is 0.825 bits per heavy atom. The second kappa shape index (κ2) is 12.5. The monoisotopic (exact) mass is 540 g/mol. The molecule has 40 heavy (non-hydrogen) atoms. The quantitative estimate of drug-likeness (QED) is 0.179. The fraction of sp³-hybridized carbons (Fsp3) is 0.250. The molecule has 1 N–H and O–H groups in total. The highest BCUT2D eigenvalue weighted by Gasteiger charge is 2.30. The summed E-state index contributed by atoms with van der Waals surface area (Å²) < 4.78 is 23.2. The van der Waals surface area contributed by atoms with Crippen LogP contribution in [0.1, 0.15) is 33.9 Å². The van der Waals surface area contributed by atoms with Crippen LogP contribution in [0.4, 0.5) is 5.69 Å². The van der Waals surface area contributed by atoms with Crippen molar-refractivity contribution in [2.75, 3.05) is 20.8 Å². The molecule has 4 aromatic carbocycles. The fourth-order valence-corrected chi connectivity index (χ4v) is 5.06. The maximum atomic E-state index is 12.3. The van der Waals surface area contributed by atoms with Crippen molar-refractivity contribution in [2.45, 2.75) is 32.1 Å². The number of ether oxygens (including phenoxy) is 4. The first kappa shape index (κ1) is 27.0. The normalized spacial score (nSPS) is 14.2. The predicted octanol–water partition coefficient (Wildman–Crippen LogP) is 6.20. The summed E-state index contributed by atoms with van der Waals surface area (Å²) in [6.45, 7) is 1.45. The molecule has 0 bridgehead atoms. The van der Waals surface area contributed by atoms with Crippen LogP contribution in [0.15, 0.2) is 84.9 Å². The molecule has 0 radical (unpaired) electrons. The number of hydrogen-bond donors (Lipinski definition) is 1. The molecule has 0 unspecified atom stereocenters. The first-order valence-corrected chi connectivity index (χ1v) is 13.2. The number of nitrogens with zero attached hydrogens (tertiary/aromatic N) is 1. The Hall–Kier alpha value is -4.56. The molecule has 1 atom stereocenters. The minimum atomic E-state index is -0.394. The number of methoxy groups -OCH3 is 2. The van der Waals surface area contributed by atoms with Crippen molar-refractivity contribution in [2.24, 2.45) is 0 Å². The number of fused-ring (bicyclic) bond motifs is 1. The Kier molecular flexibility index (Phi) is 8.47. The zero-order valence-corrected chi connectivity index (χ0v) is 22.6. The number of nitro benzene ring substituents is 1. The molecule has 1 heterocycles. The molecular weight excluding hydrogens is 508 g/mol. The highest BCUT2D eigenvalue weighted by atomic mass is 16.6. The van der Waals surface area contributed by atoms with Gasteiger partial charge in [0.05, 0.1) is 19.1 Å². The van der Waals surface area contributed by atoms with Crippen molar-refractivity contribution in [3.63, 3.8) is 0 Å². The summed E-state index contributed by atoms with van der Waals surface area (Å²) in [7, 11) is 3.05.